The van der Waals surface area contributed by atoms with Crippen molar-refractivity contribution in [2.75, 3.05) is 26.4 Å². The summed E-state index contributed by atoms with van der Waals surface area (Å²) in [4.78, 5) is 0. The van der Waals surface area contributed by atoms with Crippen molar-refractivity contribution in [2.45, 2.75) is 0 Å². The molecule has 164 valence electrons. The van der Waals surface area contributed by atoms with Crippen molar-refractivity contribution in [3.63, 3.8) is 0 Å². The van der Waals surface area contributed by atoms with Crippen molar-refractivity contribution >= 4 is 47.1 Å². The van der Waals surface area contributed by atoms with Crippen LogP contribution in [0.2, 0.25) is 0 Å². The fourth-order valence-corrected chi connectivity index (χ4v) is 2.40. The highest BCUT2D eigenvalue weighted by atomic mass is 32.1. The predicted octanol–water partition coefficient (Wildman–Crippen LogP) is 1.50. The Hall–Kier alpha value is -3.28. The van der Waals surface area contributed by atoms with Gasteiger partial charge in [-0.25, -0.2) is 0 Å². The molecule has 0 aliphatic rings. The Kier molecular flexibility index (Phi) is 10.7. The summed E-state index contributed by atoms with van der Waals surface area (Å²) in [5.41, 5.74) is 17.3. The van der Waals surface area contributed by atoms with E-state index in [1.54, 1.807) is 12.4 Å². The minimum absolute atomic E-state index is 0.0940. The Morgan fingerprint density at radius 1 is 0.742 bits per heavy atom. The highest BCUT2D eigenvalue weighted by Crippen LogP contribution is 2.16. The maximum Gasteiger partial charge on any atom is 0.184 e. The molecule has 0 fully saturated rings. The van der Waals surface area contributed by atoms with E-state index in [2.05, 4.69) is 21.1 Å². The average Bonchev–Trinajstić information content (AvgIpc) is 2.74. The van der Waals surface area contributed by atoms with Crippen LogP contribution in [0.15, 0.2) is 58.7 Å². The third-order valence-electron chi connectivity index (χ3n) is 3.57. The fraction of sp³-hybridized carbons (Fsp3) is 0.200. The Labute approximate surface area is 191 Å². The highest BCUT2D eigenvalue weighted by Gasteiger charge is 2.02. The van der Waals surface area contributed by atoms with Gasteiger partial charge in [-0.1, -0.05) is 24.3 Å². The van der Waals surface area contributed by atoms with Crippen molar-refractivity contribution in [2.24, 2.45) is 21.7 Å². The number of nitrogens with zero attached hydrogens (tertiary/aromatic N) is 2. The first kappa shape index (κ1) is 24.0. The number of hydrogen-bond acceptors (Lipinski definition) is 7. The van der Waals surface area contributed by atoms with E-state index in [-0.39, 0.29) is 10.2 Å². The van der Waals surface area contributed by atoms with E-state index in [9.17, 15) is 0 Å². The molecule has 0 aliphatic carbocycles. The summed E-state index contributed by atoms with van der Waals surface area (Å²) in [6.45, 7) is 1.56. The molecule has 9 nitrogen and oxygen atoms in total. The smallest absolute Gasteiger partial charge is 0.184 e. The van der Waals surface area contributed by atoms with Crippen LogP contribution in [0.4, 0.5) is 0 Å². The van der Waals surface area contributed by atoms with E-state index in [1.807, 2.05) is 48.5 Å². The summed E-state index contributed by atoms with van der Waals surface area (Å²) >= 11 is 9.41. The second-order valence-electron chi connectivity index (χ2n) is 5.85. The Morgan fingerprint density at radius 2 is 1.16 bits per heavy atom. The van der Waals surface area contributed by atoms with Crippen LogP contribution in [-0.4, -0.2) is 49.1 Å². The minimum atomic E-state index is 0.0940. The molecule has 0 radical (unpaired) electrons. The molecule has 0 aliphatic heterocycles. The molecular weight excluding hydrogens is 436 g/mol. The first-order valence-corrected chi connectivity index (χ1v) is 10.1. The molecule has 0 bridgehead atoms. The number of rotatable bonds is 12. The summed E-state index contributed by atoms with van der Waals surface area (Å²) in [7, 11) is 0. The third-order valence-corrected chi connectivity index (χ3v) is 3.75. The molecule has 0 spiro atoms. The largest absolute Gasteiger partial charge is 0.491 e. The molecule has 0 saturated carbocycles. The van der Waals surface area contributed by atoms with Crippen LogP contribution in [-0.2, 0) is 4.74 Å². The summed E-state index contributed by atoms with van der Waals surface area (Å²) in [6, 6.07) is 14.9. The molecule has 0 amide bonds. The van der Waals surface area contributed by atoms with Crippen LogP contribution in [0, 0.1) is 0 Å². The summed E-state index contributed by atoms with van der Waals surface area (Å²) in [6.07, 6.45) is 3.17. The zero-order valence-electron chi connectivity index (χ0n) is 16.7. The monoisotopic (exact) mass is 460 g/mol. The van der Waals surface area contributed by atoms with Gasteiger partial charge in [0.05, 0.1) is 25.6 Å². The summed E-state index contributed by atoms with van der Waals surface area (Å²) < 4.78 is 17.1. The number of hydrazone groups is 2. The van der Waals surface area contributed by atoms with E-state index in [1.165, 1.54) is 0 Å². The van der Waals surface area contributed by atoms with Gasteiger partial charge < -0.3 is 25.7 Å². The van der Waals surface area contributed by atoms with E-state index in [0.29, 0.717) is 37.9 Å². The Morgan fingerprint density at radius 3 is 1.58 bits per heavy atom. The lowest BCUT2D eigenvalue weighted by molar-refractivity contribution is 0.0764. The molecule has 6 N–H and O–H groups in total. The molecular formula is C20H24N6O3S2. The summed E-state index contributed by atoms with van der Waals surface area (Å²) in [5, 5.41) is 8.07. The normalized spacial score (nSPS) is 10.8. The lowest BCUT2D eigenvalue weighted by Gasteiger charge is -2.11. The van der Waals surface area contributed by atoms with Crippen LogP contribution in [0.25, 0.3) is 0 Å². The molecule has 0 unspecified atom stereocenters. The first-order valence-electron chi connectivity index (χ1n) is 9.24. The Balaban J connectivity index is 1.70. The number of nitrogens with two attached hydrogens (primary N) is 2. The molecule has 0 saturated heterocycles. The third kappa shape index (κ3) is 9.85. The van der Waals surface area contributed by atoms with E-state index < -0.39 is 0 Å². The van der Waals surface area contributed by atoms with E-state index in [0.717, 1.165) is 11.1 Å². The standard InChI is InChI=1S/C20H24N6O3S2/c21-19(30)25-23-13-15-5-1-3-7-17(15)28-11-9-27-10-12-29-18-8-4-2-6-16(18)14-24-26-20(22)31/h1-8,13-14H,9-12H2,(H3,21,25,30)(H3,22,26,31)/b23-13+,24-14+. The van der Waals surface area contributed by atoms with Crippen molar-refractivity contribution in [1.29, 1.82) is 0 Å². The van der Waals surface area contributed by atoms with Crippen molar-refractivity contribution in [3.05, 3.63) is 59.7 Å². The average molecular weight is 461 g/mol. The van der Waals surface area contributed by atoms with Crippen LogP contribution in [0.1, 0.15) is 11.1 Å². The molecule has 31 heavy (non-hydrogen) atoms. The van der Waals surface area contributed by atoms with Gasteiger partial charge in [-0.05, 0) is 48.7 Å². The second-order valence-corrected chi connectivity index (χ2v) is 6.73. The maximum atomic E-state index is 5.75. The van der Waals surface area contributed by atoms with Crippen molar-refractivity contribution < 1.29 is 14.2 Å². The zero-order chi connectivity index (χ0) is 22.3. The van der Waals surface area contributed by atoms with Gasteiger partial charge in [0.2, 0.25) is 0 Å². The van der Waals surface area contributed by atoms with Gasteiger partial charge in [-0.15, -0.1) is 0 Å². The molecule has 2 aromatic rings. The van der Waals surface area contributed by atoms with Crippen LogP contribution < -0.4 is 31.8 Å². The van der Waals surface area contributed by atoms with Crippen molar-refractivity contribution in [3.8, 4) is 11.5 Å². The van der Waals surface area contributed by atoms with Gasteiger partial charge in [-0.2, -0.15) is 10.2 Å². The SMILES string of the molecule is NC(=S)N/N=C/c1ccccc1OCCOCCOc1ccccc1/C=N/NC(N)=S. The molecule has 0 heterocycles. The number of ether oxygens (including phenoxy) is 3. The molecule has 0 atom stereocenters. The summed E-state index contributed by atoms with van der Waals surface area (Å²) in [5.74, 6) is 1.35. The van der Waals surface area contributed by atoms with Gasteiger partial charge in [0.15, 0.2) is 10.2 Å². The molecule has 0 aromatic heterocycles. The number of hydrogen-bond donors (Lipinski definition) is 4. The van der Waals surface area contributed by atoms with Crippen LogP contribution >= 0.6 is 24.4 Å². The van der Waals surface area contributed by atoms with Gasteiger partial charge in [0, 0.05) is 11.1 Å². The van der Waals surface area contributed by atoms with Crippen molar-refractivity contribution in [1.82, 2.24) is 10.9 Å². The van der Waals surface area contributed by atoms with Crippen LogP contribution in [0.3, 0.4) is 0 Å². The Bertz CT molecular complexity index is 850. The van der Waals surface area contributed by atoms with Gasteiger partial charge in [0.1, 0.15) is 24.7 Å². The van der Waals surface area contributed by atoms with Gasteiger partial charge >= 0.3 is 0 Å². The molecule has 2 rings (SSSR count). The van der Waals surface area contributed by atoms with Gasteiger partial charge in [0.25, 0.3) is 0 Å². The number of benzene rings is 2. The number of thiocarbonyl (C=S) groups is 2. The molecule has 11 heteroatoms. The lowest BCUT2D eigenvalue weighted by atomic mass is 10.2. The predicted molar refractivity (Wildman–Crippen MR) is 130 cm³/mol. The van der Waals surface area contributed by atoms with Crippen LogP contribution in [0.5, 0.6) is 11.5 Å². The number of nitrogens with one attached hydrogen (secondary N) is 2. The van der Waals surface area contributed by atoms with E-state index in [4.69, 9.17) is 50.1 Å². The lowest BCUT2D eigenvalue weighted by Crippen LogP contribution is -2.24. The minimum Gasteiger partial charge on any atom is -0.491 e. The maximum absolute atomic E-state index is 5.75. The fourth-order valence-electron chi connectivity index (χ4n) is 2.29. The number of para-hydroxylation sites is 2. The second kappa shape index (κ2) is 13.9. The van der Waals surface area contributed by atoms with Gasteiger partial charge in [-0.3, -0.25) is 10.9 Å². The molecule has 2 aromatic carbocycles. The topological polar surface area (TPSA) is 129 Å². The zero-order valence-corrected chi connectivity index (χ0v) is 18.3. The first-order chi connectivity index (χ1) is 15.1. The van der Waals surface area contributed by atoms with E-state index >= 15 is 0 Å². The highest BCUT2D eigenvalue weighted by molar-refractivity contribution is 7.80. The quantitative estimate of drug-likeness (QED) is 0.161.